The summed E-state index contributed by atoms with van der Waals surface area (Å²) in [7, 11) is 2.71. The van der Waals surface area contributed by atoms with Crippen LogP contribution in [-0.2, 0) is 9.53 Å². The van der Waals surface area contributed by atoms with Crippen molar-refractivity contribution in [2.45, 2.75) is 25.6 Å². The van der Waals surface area contributed by atoms with Gasteiger partial charge in [0.1, 0.15) is 6.10 Å². The van der Waals surface area contributed by atoms with E-state index in [2.05, 4.69) is 9.72 Å². The van der Waals surface area contributed by atoms with Crippen molar-refractivity contribution >= 4 is 5.97 Å². The molecule has 0 amide bonds. The Kier molecular flexibility index (Phi) is 5.06. The van der Waals surface area contributed by atoms with Gasteiger partial charge in [-0.25, -0.2) is 4.98 Å². The predicted octanol–water partition coefficient (Wildman–Crippen LogP) is 0.356. The maximum Gasteiger partial charge on any atom is 0.308 e. The molecule has 0 aliphatic rings. The van der Waals surface area contributed by atoms with Crippen molar-refractivity contribution < 1.29 is 24.5 Å². The van der Waals surface area contributed by atoms with Crippen LogP contribution in [0.4, 0.5) is 0 Å². The van der Waals surface area contributed by atoms with E-state index in [1.54, 1.807) is 13.0 Å². The van der Waals surface area contributed by atoms with Gasteiger partial charge in [-0.2, -0.15) is 0 Å². The summed E-state index contributed by atoms with van der Waals surface area (Å²) in [6, 6.07) is 1.64. The minimum absolute atomic E-state index is 0.275. The summed E-state index contributed by atoms with van der Waals surface area (Å²) in [5.41, 5.74) is 1.17. The first-order valence-corrected chi connectivity index (χ1v) is 5.43. The summed E-state index contributed by atoms with van der Waals surface area (Å²) >= 11 is 0. The molecule has 2 unspecified atom stereocenters. The first kappa shape index (κ1) is 14.4. The molecule has 0 aromatic carbocycles. The highest BCUT2D eigenvalue weighted by Gasteiger charge is 2.23. The maximum atomic E-state index is 11.0. The van der Waals surface area contributed by atoms with Crippen molar-refractivity contribution in [1.82, 2.24) is 4.98 Å². The van der Waals surface area contributed by atoms with Crippen molar-refractivity contribution in [3.63, 3.8) is 0 Å². The van der Waals surface area contributed by atoms with Gasteiger partial charge in [0.15, 0.2) is 0 Å². The third-order valence-electron chi connectivity index (χ3n) is 2.62. The number of aliphatic hydroxyl groups is 2. The van der Waals surface area contributed by atoms with Crippen molar-refractivity contribution in [3.8, 4) is 5.88 Å². The van der Waals surface area contributed by atoms with Crippen LogP contribution in [0.15, 0.2) is 12.3 Å². The smallest absolute Gasteiger partial charge is 0.308 e. The Morgan fingerprint density at radius 1 is 1.44 bits per heavy atom. The number of methoxy groups -OCH3 is 2. The number of nitrogens with zero attached hydrogens (tertiary/aromatic N) is 1. The highest BCUT2D eigenvalue weighted by Crippen LogP contribution is 2.24. The number of carbonyl (C=O) groups excluding carboxylic acids is 1. The highest BCUT2D eigenvalue weighted by molar-refractivity contribution is 5.69. The first-order chi connectivity index (χ1) is 8.49. The van der Waals surface area contributed by atoms with E-state index in [0.717, 1.165) is 5.56 Å². The molecule has 0 aliphatic carbocycles. The Labute approximate surface area is 105 Å². The summed E-state index contributed by atoms with van der Waals surface area (Å²) in [6.45, 7) is 1.76. The van der Waals surface area contributed by atoms with E-state index in [-0.39, 0.29) is 6.42 Å². The number of rotatable bonds is 5. The quantitative estimate of drug-likeness (QED) is 0.738. The monoisotopic (exact) mass is 255 g/mol. The summed E-state index contributed by atoms with van der Waals surface area (Å²) in [5, 5.41) is 19.7. The molecule has 1 heterocycles. The lowest BCUT2D eigenvalue weighted by atomic mass is 10.00. The van der Waals surface area contributed by atoms with Gasteiger partial charge in [0, 0.05) is 17.8 Å². The fourth-order valence-electron chi connectivity index (χ4n) is 1.54. The van der Waals surface area contributed by atoms with E-state index < -0.39 is 18.2 Å². The summed E-state index contributed by atoms with van der Waals surface area (Å²) in [4.78, 5) is 15.0. The van der Waals surface area contributed by atoms with Gasteiger partial charge in [-0.1, -0.05) is 0 Å². The molecule has 0 saturated carbocycles. The van der Waals surface area contributed by atoms with E-state index in [0.29, 0.717) is 11.4 Å². The number of aryl methyl sites for hydroxylation is 1. The molecule has 2 N–H and O–H groups in total. The molecule has 0 fully saturated rings. The van der Waals surface area contributed by atoms with E-state index in [1.807, 2.05) is 0 Å². The van der Waals surface area contributed by atoms with Crippen LogP contribution in [0.2, 0.25) is 0 Å². The lowest BCUT2D eigenvalue weighted by molar-refractivity contribution is -0.144. The molecule has 1 aromatic heterocycles. The Balaban J connectivity index is 2.83. The van der Waals surface area contributed by atoms with Crippen LogP contribution in [0.3, 0.4) is 0 Å². The van der Waals surface area contributed by atoms with Crippen LogP contribution in [0.25, 0.3) is 0 Å². The lowest BCUT2D eigenvalue weighted by Gasteiger charge is -2.18. The largest absolute Gasteiger partial charge is 0.481 e. The van der Waals surface area contributed by atoms with E-state index >= 15 is 0 Å². The average Bonchev–Trinajstić information content (AvgIpc) is 2.37. The summed E-state index contributed by atoms with van der Waals surface area (Å²) in [5.74, 6) is -0.161. The number of hydrogen-bond acceptors (Lipinski definition) is 6. The molecule has 100 valence electrons. The van der Waals surface area contributed by atoms with Crippen molar-refractivity contribution in [2.75, 3.05) is 14.2 Å². The molecule has 6 heteroatoms. The SMILES string of the molecule is COC(=O)CC(O)C(O)c1cnc(OC)cc1C. The molecule has 0 bridgehead atoms. The maximum absolute atomic E-state index is 11.0. The van der Waals surface area contributed by atoms with Gasteiger partial charge in [0.05, 0.1) is 26.7 Å². The molecular weight excluding hydrogens is 238 g/mol. The average molecular weight is 255 g/mol. The molecule has 0 saturated heterocycles. The van der Waals surface area contributed by atoms with Gasteiger partial charge in [-0.15, -0.1) is 0 Å². The van der Waals surface area contributed by atoms with E-state index in [4.69, 9.17) is 4.74 Å². The van der Waals surface area contributed by atoms with Crippen LogP contribution in [0.5, 0.6) is 5.88 Å². The number of hydrogen-bond donors (Lipinski definition) is 2. The van der Waals surface area contributed by atoms with Crippen LogP contribution < -0.4 is 4.74 Å². The number of ether oxygens (including phenoxy) is 2. The zero-order valence-corrected chi connectivity index (χ0v) is 10.6. The molecule has 6 nitrogen and oxygen atoms in total. The number of aromatic nitrogens is 1. The van der Waals surface area contributed by atoms with Crippen molar-refractivity contribution in [3.05, 3.63) is 23.4 Å². The Morgan fingerprint density at radius 2 is 2.11 bits per heavy atom. The Morgan fingerprint density at radius 3 is 2.61 bits per heavy atom. The molecule has 0 spiro atoms. The van der Waals surface area contributed by atoms with Crippen LogP contribution in [0.1, 0.15) is 23.7 Å². The second-order valence-electron chi connectivity index (χ2n) is 3.88. The van der Waals surface area contributed by atoms with Crippen molar-refractivity contribution in [2.24, 2.45) is 0 Å². The number of esters is 1. The van der Waals surface area contributed by atoms with E-state index in [1.165, 1.54) is 20.4 Å². The van der Waals surface area contributed by atoms with Gasteiger partial charge >= 0.3 is 5.97 Å². The Hall–Kier alpha value is -1.66. The van der Waals surface area contributed by atoms with Gasteiger partial charge in [-0.3, -0.25) is 4.79 Å². The zero-order chi connectivity index (χ0) is 13.7. The normalized spacial score (nSPS) is 13.8. The number of pyridine rings is 1. The van der Waals surface area contributed by atoms with E-state index in [9.17, 15) is 15.0 Å². The molecule has 2 atom stereocenters. The van der Waals surface area contributed by atoms with Gasteiger partial charge in [0.25, 0.3) is 0 Å². The molecule has 18 heavy (non-hydrogen) atoms. The summed E-state index contributed by atoms with van der Waals surface area (Å²) < 4.78 is 9.37. The lowest BCUT2D eigenvalue weighted by Crippen LogP contribution is -2.23. The van der Waals surface area contributed by atoms with Gasteiger partial charge in [-0.05, 0) is 12.5 Å². The first-order valence-electron chi connectivity index (χ1n) is 5.43. The fraction of sp³-hybridized carbons (Fsp3) is 0.500. The van der Waals surface area contributed by atoms with Crippen LogP contribution in [-0.4, -0.2) is 41.5 Å². The molecular formula is C12H17NO5. The molecule has 1 aromatic rings. The number of carbonyl (C=O) groups is 1. The standard InChI is InChI=1S/C12H17NO5/c1-7-4-10(17-2)13-6-8(7)12(16)9(14)5-11(15)18-3/h4,6,9,12,14,16H,5H2,1-3H3. The third kappa shape index (κ3) is 3.41. The second kappa shape index (κ2) is 6.32. The second-order valence-corrected chi connectivity index (χ2v) is 3.88. The van der Waals surface area contributed by atoms with Gasteiger partial charge in [0.2, 0.25) is 5.88 Å². The topological polar surface area (TPSA) is 88.9 Å². The Bertz CT molecular complexity index is 421. The molecule has 0 aliphatic heterocycles. The third-order valence-corrected chi connectivity index (χ3v) is 2.62. The van der Waals surface area contributed by atoms with Gasteiger partial charge < -0.3 is 19.7 Å². The molecule has 0 radical (unpaired) electrons. The molecule has 1 rings (SSSR count). The minimum atomic E-state index is -1.23. The predicted molar refractivity (Wildman–Crippen MR) is 63.1 cm³/mol. The van der Waals surface area contributed by atoms with Crippen molar-refractivity contribution in [1.29, 1.82) is 0 Å². The highest BCUT2D eigenvalue weighted by atomic mass is 16.5. The number of aliphatic hydroxyl groups excluding tert-OH is 2. The van der Waals surface area contributed by atoms with Crippen LogP contribution >= 0.6 is 0 Å². The minimum Gasteiger partial charge on any atom is -0.481 e. The fourth-order valence-corrected chi connectivity index (χ4v) is 1.54. The van der Waals surface area contributed by atoms with Crippen LogP contribution in [0, 0.1) is 6.92 Å². The summed E-state index contributed by atoms with van der Waals surface area (Å²) in [6.07, 6.45) is -1.28. The zero-order valence-electron chi connectivity index (χ0n) is 10.6.